The van der Waals surface area contributed by atoms with Gasteiger partial charge in [-0.15, -0.1) is 0 Å². The van der Waals surface area contributed by atoms with Crippen molar-refractivity contribution in [2.45, 2.75) is 26.0 Å². The van der Waals surface area contributed by atoms with E-state index < -0.39 is 6.10 Å². The summed E-state index contributed by atoms with van der Waals surface area (Å²) in [5.74, 6) is -0.214. The Morgan fingerprint density at radius 2 is 1.65 bits per heavy atom. The van der Waals surface area contributed by atoms with E-state index in [2.05, 4.69) is 4.90 Å². The number of hydrogen-bond acceptors (Lipinski definition) is 2. The number of anilines is 1. The molecule has 0 saturated carbocycles. The first-order chi connectivity index (χ1) is 9.60. The molecule has 0 unspecified atom stereocenters. The van der Waals surface area contributed by atoms with E-state index in [1.54, 1.807) is 12.1 Å². The molecule has 0 fully saturated rings. The van der Waals surface area contributed by atoms with E-state index in [9.17, 15) is 9.50 Å². The molecule has 0 radical (unpaired) electrons. The summed E-state index contributed by atoms with van der Waals surface area (Å²) in [6.07, 6.45) is 0.316. The molecule has 20 heavy (non-hydrogen) atoms. The largest absolute Gasteiger partial charge is 0.388 e. The molecule has 0 amide bonds. The average molecular weight is 273 g/mol. The molecular weight excluding hydrogens is 253 g/mol. The Bertz CT molecular complexity index is 536. The van der Waals surface area contributed by atoms with Crippen LogP contribution < -0.4 is 4.90 Å². The van der Waals surface area contributed by atoms with E-state index in [0.717, 1.165) is 23.4 Å². The number of aliphatic hydroxyl groups is 1. The average Bonchev–Trinajstić information content (AvgIpc) is 2.49. The van der Waals surface area contributed by atoms with Crippen LogP contribution in [0.5, 0.6) is 0 Å². The predicted molar refractivity (Wildman–Crippen MR) is 80.2 cm³/mol. The molecule has 3 heteroatoms. The van der Waals surface area contributed by atoms with E-state index >= 15 is 0 Å². The lowest BCUT2D eigenvalue weighted by Gasteiger charge is -2.20. The fourth-order valence-electron chi connectivity index (χ4n) is 2.14. The number of hydrogen-bond donors (Lipinski definition) is 1. The molecule has 0 aromatic heterocycles. The van der Waals surface area contributed by atoms with Gasteiger partial charge in [-0.3, -0.25) is 0 Å². The topological polar surface area (TPSA) is 23.5 Å². The van der Waals surface area contributed by atoms with Gasteiger partial charge in [-0.1, -0.05) is 31.2 Å². The summed E-state index contributed by atoms with van der Waals surface area (Å²) in [4.78, 5) is 2.09. The lowest BCUT2D eigenvalue weighted by atomic mass is 10.1. The SMILES string of the molecule is CC[C@@H](O)c1ccc(N(C)Cc2ccc(F)cc2)cc1. The molecule has 0 saturated heterocycles. The van der Waals surface area contributed by atoms with Gasteiger partial charge < -0.3 is 10.0 Å². The highest BCUT2D eigenvalue weighted by atomic mass is 19.1. The molecule has 0 bridgehead atoms. The highest BCUT2D eigenvalue weighted by Crippen LogP contribution is 2.21. The minimum Gasteiger partial charge on any atom is -0.388 e. The van der Waals surface area contributed by atoms with Crippen LogP contribution in [0.1, 0.15) is 30.6 Å². The van der Waals surface area contributed by atoms with Gasteiger partial charge in [0.25, 0.3) is 0 Å². The zero-order chi connectivity index (χ0) is 14.5. The van der Waals surface area contributed by atoms with E-state index in [0.29, 0.717) is 6.42 Å². The van der Waals surface area contributed by atoms with Crippen LogP contribution in [0.2, 0.25) is 0 Å². The van der Waals surface area contributed by atoms with Crippen LogP contribution >= 0.6 is 0 Å². The second-order valence-corrected chi connectivity index (χ2v) is 5.00. The summed E-state index contributed by atoms with van der Waals surface area (Å²) in [6.45, 7) is 2.68. The molecular formula is C17H20FNO. The van der Waals surface area contributed by atoms with Crippen molar-refractivity contribution in [3.63, 3.8) is 0 Å². The van der Waals surface area contributed by atoms with Crippen LogP contribution in [0.15, 0.2) is 48.5 Å². The molecule has 2 rings (SSSR count). The summed E-state index contributed by atoms with van der Waals surface area (Å²) in [5.41, 5.74) is 3.07. The lowest BCUT2D eigenvalue weighted by Crippen LogP contribution is -2.16. The monoisotopic (exact) mass is 273 g/mol. The number of benzene rings is 2. The molecule has 106 valence electrons. The smallest absolute Gasteiger partial charge is 0.123 e. The van der Waals surface area contributed by atoms with Gasteiger partial charge in [0.2, 0.25) is 0 Å². The van der Waals surface area contributed by atoms with Gasteiger partial charge in [-0.05, 0) is 41.8 Å². The minimum atomic E-state index is -0.397. The fourth-order valence-corrected chi connectivity index (χ4v) is 2.14. The van der Waals surface area contributed by atoms with Crippen molar-refractivity contribution in [1.29, 1.82) is 0 Å². The van der Waals surface area contributed by atoms with Crippen molar-refractivity contribution >= 4 is 5.69 Å². The Balaban J connectivity index is 2.05. The summed E-state index contributed by atoms with van der Waals surface area (Å²) >= 11 is 0. The highest BCUT2D eigenvalue weighted by Gasteiger charge is 2.06. The van der Waals surface area contributed by atoms with Crippen LogP contribution in [-0.2, 0) is 6.54 Å². The predicted octanol–water partition coefficient (Wildman–Crippen LogP) is 3.91. The van der Waals surface area contributed by atoms with Crippen LogP contribution in [0.4, 0.5) is 10.1 Å². The maximum atomic E-state index is 12.9. The molecule has 0 aliphatic carbocycles. The zero-order valence-corrected chi connectivity index (χ0v) is 11.9. The maximum Gasteiger partial charge on any atom is 0.123 e. The molecule has 0 heterocycles. The van der Waals surface area contributed by atoms with Crippen molar-refractivity contribution in [2.24, 2.45) is 0 Å². The first-order valence-electron chi connectivity index (χ1n) is 6.83. The Morgan fingerprint density at radius 3 is 2.20 bits per heavy atom. The van der Waals surface area contributed by atoms with Gasteiger partial charge in [0, 0.05) is 19.3 Å². The summed E-state index contributed by atoms with van der Waals surface area (Å²) in [6, 6.07) is 14.4. The molecule has 1 N–H and O–H groups in total. The lowest BCUT2D eigenvalue weighted by molar-refractivity contribution is 0.173. The van der Waals surface area contributed by atoms with Gasteiger partial charge in [-0.25, -0.2) is 4.39 Å². The Hall–Kier alpha value is -1.87. The number of aliphatic hydroxyl groups excluding tert-OH is 1. The van der Waals surface area contributed by atoms with Crippen molar-refractivity contribution in [1.82, 2.24) is 0 Å². The second kappa shape index (κ2) is 6.53. The molecule has 0 aliphatic heterocycles. The third-order valence-electron chi connectivity index (χ3n) is 3.44. The van der Waals surface area contributed by atoms with Crippen molar-refractivity contribution in [2.75, 3.05) is 11.9 Å². The van der Waals surface area contributed by atoms with E-state index in [4.69, 9.17) is 0 Å². The van der Waals surface area contributed by atoms with E-state index in [1.165, 1.54) is 12.1 Å². The Kier molecular flexibility index (Phi) is 4.74. The first kappa shape index (κ1) is 14.5. The van der Waals surface area contributed by atoms with Crippen molar-refractivity contribution in [3.8, 4) is 0 Å². The highest BCUT2D eigenvalue weighted by molar-refractivity contribution is 5.47. The number of nitrogens with zero attached hydrogens (tertiary/aromatic N) is 1. The molecule has 0 spiro atoms. The quantitative estimate of drug-likeness (QED) is 0.893. The Labute approximate surface area is 119 Å². The maximum absolute atomic E-state index is 12.9. The van der Waals surface area contributed by atoms with Gasteiger partial charge >= 0.3 is 0 Å². The third kappa shape index (κ3) is 3.58. The Morgan fingerprint density at radius 1 is 1.05 bits per heavy atom. The molecule has 1 atom stereocenters. The van der Waals surface area contributed by atoms with Crippen molar-refractivity contribution in [3.05, 3.63) is 65.5 Å². The van der Waals surface area contributed by atoms with Crippen LogP contribution in [-0.4, -0.2) is 12.2 Å². The van der Waals surface area contributed by atoms with E-state index in [-0.39, 0.29) is 5.82 Å². The molecule has 0 aliphatic rings. The normalized spacial score (nSPS) is 12.2. The van der Waals surface area contributed by atoms with Crippen LogP contribution in [0, 0.1) is 5.82 Å². The number of halogens is 1. The summed E-state index contributed by atoms with van der Waals surface area (Å²) in [7, 11) is 1.99. The van der Waals surface area contributed by atoms with Crippen LogP contribution in [0.3, 0.4) is 0 Å². The first-order valence-corrected chi connectivity index (χ1v) is 6.83. The zero-order valence-electron chi connectivity index (χ0n) is 11.9. The van der Waals surface area contributed by atoms with Gasteiger partial charge in [0.1, 0.15) is 5.82 Å². The van der Waals surface area contributed by atoms with Crippen LogP contribution in [0.25, 0.3) is 0 Å². The summed E-state index contributed by atoms with van der Waals surface area (Å²) < 4.78 is 12.9. The van der Waals surface area contributed by atoms with Crippen molar-refractivity contribution < 1.29 is 9.50 Å². The fraction of sp³-hybridized carbons (Fsp3) is 0.294. The minimum absolute atomic E-state index is 0.214. The second-order valence-electron chi connectivity index (χ2n) is 5.00. The van der Waals surface area contributed by atoms with E-state index in [1.807, 2.05) is 38.2 Å². The molecule has 2 aromatic carbocycles. The molecule has 2 aromatic rings. The third-order valence-corrected chi connectivity index (χ3v) is 3.44. The molecule has 2 nitrogen and oxygen atoms in total. The summed E-state index contributed by atoms with van der Waals surface area (Å²) in [5, 5.41) is 9.77. The van der Waals surface area contributed by atoms with Gasteiger partial charge in [0.05, 0.1) is 6.10 Å². The number of rotatable bonds is 5. The van der Waals surface area contributed by atoms with Gasteiger partial charge in [0.15, 0.2) is 0 Å². The van der Waals surface area contributed by atoms with Gasteiger partial charge in [-0.2, -0.15) is 0 Å². The standard InChI is InChI=1S/C17H20FNO/c1-3-17(20)14-6-10-16(11-7-14)19(2)12-13-4-8-15(18)9-5-13/h4-11,17,20H,3,12H2,1-2H3/t17-/m1/s1.